The Kier molecular flexibility index (Phi) is 4.06. The first kappa shape index (κ1) is 15.2. The summed E-state index contributed by atoms with van der Waals surface area (Å²) < 4.78 is 0. The number of carboxylic acid groups (broad SMARTS) is 1. The monoisotopic (exact) mass is 291 g/mol. The van der Waals surface area contributed by atoms with Gasteiger partial charge in [0.05, 0.1) is 0 Å². The molecule has 0 bridgehead atoms. The molecular weight excluding hydrogens is 270 g/mol. The number of fused-ring (bicyclic) bond motifs is 1. The van der Waals surface area contributed by atoms with Crippen LogP contribution < -0.4 is 10.6 Å². The highest BCUT2D eigenvalue weighted by atomic mass is 16.4. The highest BCUT2D eigenvalue weighted by Crippen LogP contribution is 2.22. The third kappa shape index (κ3) is 4.11. The molecule has 0 aromatic heterocycles. The fourth-order valence-electron chi connectivity index (χ4n) is 2.30. The Morgan fingerprint density at radius 2 is 1.95 bits per heavy atom. The van der Waals surface area contributed by atoms with Gasteiger partial charge in [0.15, 0.2) is 0 Å². The van der Waals surface area contributed by atoms with Gasteiger partial charge in [-0.05, 0) is 50.5 Å². The summed E-state index contributed by atoms with van der Waals surface area (Å²) in [4.78, 5) is 24.2. The molecule has 1 aliphatic heterocycles. The smallest absolute Gasteiger partial charge is 0.407 e. The maximum Gasteiger partial charge on any atom is 0.407 e. The van der Waals surface area contributed by atoms with E-state index in [-0.39, 0.29) is 11.6 Å². The Balaban J connectivity index is 2.05. The SMILES string of the molecule is CC(C)(C)NC(=O)Nc1ccc2c(c1)CCN(C(=O)O)C2. The molecule has 1 aliphatic rings. The third-order valence-electron chi connectivity index (χ3n) is 3.24. The Bertz CT molecular complexity index is 564. The maximum absolute atomic E-state index is 11.8. The molecule has 0 saturated carbocycles. The summed E-state index contributed by atoms with van der Waals surface area (Å²) in [6.45, 7) is 6.64. The fourth-order valence-corrected chi connectivity index (χ4v) is 2.30. The van der Waals surface area contributed by atoms with Gasteiger partial charge >= 0.3 is 12.1 Å². The molecule has 0 saturated heterocycles. The molecule has 0 aliphatic carbocycles. The van der Waals surface area contributed by atoms with E-state index >= 15 is 0 Å². The number of carbonyl (C=O) groups is 2. The molecule has 3 amide bonds. The zero-order valence-electron chi connectivity index (χ0n) is 12.6. The van der Waals surface area contributed by atoms with Crippen LogP contribution in [0.1, 0.15) is 31.9 Å². The minimum absolute atomic E-state index is 0.245. The lowest BCUT2D eigenvalue weighted by molar-refractivity contribution is 0.140. The lowest BCUT2D eigenvalue weighted by Crippen LogP contribution is -2.43. The van der Waals surface area contributed by atoms with Crippen LogP contribution in [-0.4, -0.2) is 34.2 Å². The molecule has 6 nitrogen and oxygen atoms in total. The predicted molar refractivity (Wildman–Crippen MR) is 80.5 cm³/mol. The first-order chi connectivity index (χ1) is 9.74. The van der Waals surface area contributed by atoms with E-state index in [0.717, 1.165) is 16.8 Å². The first-order valence-corrected chi connectivity index (χ1v) is 6.93. The maximum atomic E-state index is 11.8. The summed E-state index contributed by atoms with van der Waals surface area (Å²) in [7, 11) is 0. The van der Waals surface area contributed by atoms with Crippen molar-refractivity contribution in [3.63, 3.8) is 0 Å². The van der Waals surface area contributed by atoms with Crippen LogP contribution in [0.2, 0.25) is 0 Å². The fraction of sp³-hybridized carbons (Fsp3) is 0.467. The van der Waals surface area contributed by atoms with Gasteiger partial charge in [0.25, 0.3) is 0 Å². The van der Waals surface area contributed by atoms with E-state index in [2.05, 4.69) is 10.6 Å². The van der Waals surface area contributed by atoms with Crippen LogP contribution in [0.5, 0.6) is 0 Å². The van der Waals surface area contributed by atoms with Crippen LogP contribution in [-0.2, 0) is 13.0 Å². The Hall–Kier alpha value is -2.24. The van der Waals surface area contributed by atoms with Crippen molar-refractivity contribution in [2.75, 3.05) is 11.9 Å². The van der Waals surface area contributed by atoms with Crippen molar-refractivity contribution in [1.29, 1.82) is 0 Å². The zero-order chi connectivity index (χ0) is 15.6. The summed E-state index contributed by atoms with van der Waals surface area (Å²) >= 11 is 0. The normalized spacial score (nSPS) is 14.3. The molecule has 21 heavy (non-hydrogen) atoms. The van der Waals surface area contributed by atoms with Gasteiger partial charge in [-0.3, -0.25) is 0 Å². The standard InChI is InChI=1S/C15H21N3O3/c1-15(2,3)17-13(19)16-12-5-4-11-9-18(14(20)21)7-6-10(11)8-12/h4-5,8H,6-7,9H2,1-3H3,(H,20,21)(H2,16,17,19). The van der Waals surface area contributed by atoms with Gasteiger partial charge in [-0.2, -0.15) is 0 Å². The number of rotatable bonds is 1. The molecule has 0 radical (unpaired) electrons. The van der Waals surface area contributed by atoms with E-state index in [1.165, 1.54) is 4.90 Å². The minimum Gasteiger partial charge on any atom is -0.465 e. The van der Waals surface area contributed by atoms with Crippen LogP contribution in [0.4, 0.5) is 15.3 Å². The molecule has 1 heterocycles. The molecule has 1 aromatic rings. The molecule has 0 fully saturated rings. The van der Waals surface area contributed by atoms with Crippen molar-refractivity contribution in [3.05, 3.63) is 29.3 Å². The second-order valence-corrected chi connectivity index (χ2v) is 6.27. The van der Waals surface area contributed by atoms with Gasteiger partial charge in [-0.1, -0.05) is 6.07 Å². The van der Waals surface area contributed by atoms with Crippen molar-refractivity contribution in [3.8, 4) is 0 Å². The summed E-state index contributed by atoms with van der Waals surface area (Å²) in [6.07, 6.45) is -0.231. The molecule has 0 atom stereocenters. The second kappa shape index (κ2) is 5.63. The van der Waals surface area contributed by atoms with E-state index < -0.39 is 6.09 Å². The summed E-state index contributed by atoms with van der Waals surface area (Å²) in [5.74, 6) is 0. The minimum atomic E-state index is -0.896. The molecule has 6 heteroatoms. The Morgan fingerprint density at radius 3 is 2.57 bits per heavy atom. The number of benzene rings is 1. The van der Waals surface area contributed by atoms with E-state index in [1.807, 2.05) is 32.9 Å². The van der Waals surface area contributed by atoms with Gasteiger partial charge in [0.2, 0.25) is 0 Å². The highest BCUT2D eigenvalue weighted by molar-refractivity contribution is 5.89. The van der Waals surface area contributed by atoms with Gasteiger partial charge < -0.3 is 20.6 Å². The van der Waals surface area contributed by atoms with Crippen LogP contribution in [0.25, 0.3) is 0 Å². The highest BCUT2D eigenvalue weighted by Gasteiger charge is 2.20. The Morgan fingerprint density at radius 1 is 1.24 bits per heavy atom. The van der Waals surface area contributed by atoms with Crippen LogP contribution in [0, 0.1) is 0 Å². The van der Waals surface area contributed by atoms with Gasteiger partial charge in [-0.25, -0.2) is 9.59 Å². The second-order valence-electron chi connectivity index (χ2n) is 6.27. The number of anilines is 1. The first-order valence-electron chi connectivity index (χ1n) is 6.93. The van der Waals surface area contributed by atoms with E-state index in [9.17, 15) is 9.59 Å². The van der Waals surface area contributed by atoms with Crippen LogP contribution >= 0.6 is 0 Å². The number of nitrogens with zero attached hydrogens (tertiary/aromatic N) is 1. The van der Waals surface area contributed by atoms with Crippen molar-refractivity contribution in [1.82, 2.24) is 10.2 Å². The van der Waals surface area contributed by atoms with Crippen molar-refractivity contribution >= 4 is 17.8 Å². The summed E-state index contributed by atoms with van der Waals surface area (Å²) in [5.41, 5.74) is 2.51. The molecular formula is C15H21N3O3. The van der Waals surface area contributed by atoms with Gasteiger partial charge in [-0.15, -0.1) is 0 Å². The number of amides is 3. The molecule has 1 aromatic carbocycles. The molecule has 0 spiro atoms. The lowest BCUT2D eigenvalue weighted by atomic mass is 9.99. The number of urea groups is 1. The van der Waals surface area contributed by atoms with E-state index in [4.69, 9.17) is 5.11 Å². The Labute approximate surface area is 124 Å². The predicted octanol–water partition coefficient (Wildman–Crippen LogP) is 2.64. The molecule has 114 valence electrons. The van der Waals surface area contributed by atoms with Gasteiger partial charge in [0, 0.05) is 24.3 Å². The average Bonchev–Trinajstić information content (AvgIpc) is 2.35. The van der Waals surface area contributed by atoms with E-state index in [1.54, 1.807) is 6.07 Å². The van der Waals surface area contributed by atoms with Crippen LogP contribution in [0.3, 0.4) is 0 Å². The average molecular weight is 291 g/mol. The third-order valence-corrected chi connectivity index (χ3v) is 3.24. The topological polar surface area (TPSA) is 81.7 Å². The van der Waals surface area contributed by atoms with Crippen LogP contribution in [0.15, 0.2) is 18.2 Å². The van der Waals surface area contributed by atoms with Crippen molar-refractivity contribution < 1.29 is 14.7 Å². The molecule has 0 unspecified atom stereocenters. The van der Waals surface area contributed by atoms with Gasteiger partial charge in [0.1, 0.15) is 0 Å². The largest absolute Gasteiger partial charge is 0.465 e. The van der Waals surface area contributed by atoms with Crippen molar-refractivity contribution in [2.24, 2.45) is 0 Å². The molecule has 3 N–H and O–H groups in total. The quantitative estimate of drug-likeness (QED) is 0.744. The number of hydrogen-bond donors (Lipinski definition) is 3. The number of hydrogen-bond acceptors (Lipinski definition) is 2. The summed E-state index contributed by atoms with van der Waals surface area (Å²) in [5, 5.41) is 14.6. The van der Waals surface area contributed by atoms with E-state index in [0.29, 0.717) is 19.5 Å². The number of nitrogens with one attached hydrogen (secondary N) is 2. The molecule has 2 rings (SSSR count). The lowest BCUT2D eigenvalue weighted by Gasteiger charge is -2.27. The number of carbonyl (C=O) groups excluding carboxylic acids is 1. The summed E-state index contributed by atoms with van der Waals surface area (Å²) in [6, 6.07) is 5.34. The zero-order valence-corrected chi connectivity index (χ0v) is 12.6. The van der Waals surface area contributed by atoms with Crippen molar-refractivity contribution in [2.45, 2.75) is 39.3 Å².